The molecule has 1 aromatic carbocycles. The number of carbonyl (C=O) groups is 1. The van der Waals surface area contributed by atoms with E-state index in [0.717, 1.165) is 0 Å². The molecule has 0 saturated heterocycles. The van der Waals surface area contributed by atoms with Gasteiger partial charge in [-0.05, 0) is 11.6 Å². The number of esters is 1. The third-order valence-electron chi connectivity index (χ3n) is 2.64. The highest BCUT2D eigenvalue weighted by Crippen LogP contribution is 2.24. The molecule has 0 amide bonds. The Labute approximate surface area is 108 Å². The van der Waals surface area contributed by atoms with Gasteiger partial charge in [0.15, 0.2) is 18.0 Å². The number of ether oxygens (including phenoxy) is 1. The second kappa shape index (κ2) is 5.03. The molecule has 0 aromatic heterocycles. The molecule has 1 heterocycles. The first-order valence-corrected chi connectivity index (χ1v) is 5.47. The average molecular weight is 264 g/mol. The Bertz CT molecular complexity index is 546. The van der Waals surface area contributed by atoms with E-state index in [-0.39, 0.29) is 0 Å². The van der Waals surface area contributed by atoms with Crippen LogP contribution in [0.1, 0.15) is 5.56 Å². The van der Waals surface area contributed by atoms with Gasteiger partial charge in [0.1, 0.15) is 5.76 Å². The third-order valence-corrected chi connectivity index (χ3v) is 2.64. The molecule has 6 heteroatoms. The van der Waals surface area contributed by atoms with Gasteiger partial charge in [-0.3, -0.25) is 0 Å². The molecule has 1 aliphatic heterocycles. The molecule has 0 aliphatic carbocycles. The summed E-state index contributed by atoms with van der Waals surface area (Å²) in [5.41, 5.74) is 0.621. The van der Waals surface area contributed by atoms with Gasteiger partial charge in [-0.15, -0.1) is 0 Å². The molecule has 100 valence electrons. The minimum atomic E-state index is -1.66. The number of hydrogen-bond acceptors (Lipinski definition) is 6. The van der Waals surface area contributed by atoms with Gasteiger partial charge >= 0.3 is 5.97 Å². The number of cyclic esters (lactones) is 1. The number of rotatable bonds is 3. The van der Waals surface area contributed by atoms with E-state index in [1.165, 1.54) is 6.08 Å². The second-order valence-corrected chi connectivity index (χ2v) is 3.98. The zero-order valence-corrected chi connectivity index (χ0v) is 9.72. The van der Waals surface area contributed by atoms with Gasteiger partial charge in [0.05, 0.1) is 0 Å². The van der Waals surface area contributed by atoms with Crippen LogP contribution in [0.3, 0.4) is 0 Å². The molecule has 0 spiro atoms. The number of benzene rings is 1. The van der Waals surface area contributed by atoms with Gasteiger partial charge < -0.3 is 25.2 Å². The molecule has 2 rings (SSSR count). The summed E-state index contributed by atoms with van der Waals surface area (Å²) in [5, 5.41) is 38.0. The first kappa shape index (κ1) is 13.0. The lowest BCUT2D eigenvalue weighted by Crippen LogP contribution is -2.30. The van der Waals surface area contributed by atoms with Crippen LogP contribution in [0.25, 0.3) is 6.08 Å². The van der Waals surface area contributed by atoms with Crippen molar-refractivity contribution >= 4 is 12.0 Å². The summed E-state index contributed by atoms with van der Waals surface area (Å²) in [6.07, 6.45) is -1.90. The lowest BCUT2D eigenvalue weighted by atomic mass is 10.1. The summed E-state index contributed by atoms with van der Waals surface area (Å²) in [4.78, 5) is 11.0. The zero-order chi connectivity index (χ0) is 14.0. The van der Waals surface area contributed by atoms with Crippen LogP contribution in [0.15, 0.2) is 47.6 Å². The van der Waals surface area contributed by atoms with Crippen molar-refractivity contribution in [3.05, 3.63) is 53.2 Å². The van der Waals surface area contributed by atoms with Crippen molar-refractivity contribution in [2.45, 2.75) is 12.2 Å². The Morgan fingerprint density at radius 3 is 2.42 bits per heavy atom. The second-order valence-electron chi connectivity index (χ2n) is 3.98. The van der Waals surface area contributed by atoms with Crippen LogP contribution in [0.2, 0.25) is 0 Å². The van der Waals surface area contributed by atoms with Crippen LogP contribution in [0.5, 0.6) is 0 Å². The minimum Gasteiger partial charge on any atom is -0.509 e. The van der Waals surface area contributed by atoms with Crippen LogP contribution < -0.4 is 0 Å². The molecule has 6 nitrogen and oxygen atoms in total. The molecule has 2 atom stereocenters. The van der Waals surface area contributed by atoms with E-state index in [4.69, 9.17) is 5.11 Å². The molecule has 1 aromatic rings. The van der Waals surface area contributed by atoms with Crippen molar-refractivity contribution in [1.82, 2.24) is 0 Å². The fraction of sp³-hybridized carbons (Fsp3) is 0.154. The van der Waals surface area contributed by atoms with E-state index in [2.05, 4.69) is 4.74 Å². The summed E-state index contributed by atoms with van der Waals surface area (Å²) in [6, 6.07) is 8.65. The van der Waals surface area contributed by atoms with Gasteiger partial charge in [0, 0.05) is 0 Å². The number of aliphatic hydroxyl groups is 4. The van der Waals surface area contributed by atoms with E-state index < -0.39 is 35.5 Å². The number of carbonyl (C=O) groups excluding carboxylic acids is 1. The van der Waals surface area contributed by atoms with E-state index in [1.807, 2.05) is 0 Å². The number of aliphatic hydroxyl groups excluding tert-OH is 4. The molecule has 0 fully saturated rings. The first-order valence-electron chi connectivity index (χ1n) is 5.47. The Kier molecular flexibility index (Phi) is 3.43. The van der Waals surface area contributed by atoms with Crippen molar-refractivity contribution in [3.63, 3.8) is 0 Å². The molecular weight excluding hydrogens is 252 g/mol. The van der Waals surface area contributed by atoms with E-state index in [9.17, 15) is 20.1 Å². The topological polar surface area (TPSA) is 107 Å². The predicted molar refractivity (Wildman–Crippen MR) is 65.2 cm³/mol. The van der Waals surface area contributed by atoms with E-state index >= 15 is 0 Å². The smallest absolute Gasteiger partial charge is 0.378 e. The van der Waals surface area contributed by atoms with Crippen molar-refractivity contribution < 1.29 is 30.0 Å². The van der Waals surface area contributed by atoms with Crippen LogP contribution in [-0.4, -0.2) is 38.6 Å². The Morgan fingerprint density at radius 2 is 1.89 bits per heavy atom. The van der Waals surface area contributed by atoms with Crippen LogP contribution in [-0.2, 0) is 9.53 Å². The quantitative estimate of drug-likeness (QED) is 0.482. The monoisotopic (exact) mass is 264 g/mol. The largest absolute Gasteiger partial charge is 0.509 e. The summed E-state index contributed by atoms with van der Waals surface area (Å²) in [6.45, 7) is 0. The molecule has 0 unspecified atom stereocenters. The molecule has 0 saturated carbocycles. The predicted octanol–water partition coefficient (Wildman–Crippen LogP) is 1.20. The Morgan fingerprint density at radius 1 is 1.26 bits per heavy atom. The van der Waals surface area contributed by atoms with Crippen molar-refractivity contribution in [1.29, 1.82) is 0 Å². The van der Waals surface area contributed by atoms with E-state index in [0.29, 0.717) is 5.56 Å². The Hall–Kier alpha value is -2.47. The van der Waals surface area contributed by atoms with Crippen molar-refractivity contribution in [2.75, 3.05) is 0 Å². The van der Waals surface area contributed by atoms with Gasteiger partial charge in [-0.2, -0.15) is 0 Å². The molecule has 1 aliphatic rings. The van der Waals surface area contributed by atoms with Crippen molar-refractivity contribution in [2.24, 2.45) is 0 Å². The SMILES string of the molecule is O=C1O[C@H]([C@@H](O)C(O)=Cc2ccccc2)C(O)=C1O. The lowest BCUT2D eigenvalue weighted by molar-refractivity contribution is -0.146. The van der Waals surface area contributed by atoms with Gasteiger partial charge in [-0.1, -0.05) is 30.3 Å². The minimum absolute atomic E-state index is 0.495. The van der Waals surface area contributed by atoms with Crippen LogP contribution in [0, 0.1) is 0 Å². The molecule has 4 N–H and O–H groups in total. The lowest BCUT2D eigenvalue weighted by Gasteiger charge is -2.16. The summed E-state index contributed by atoms with van der Waals surface area (Å²) < 4.78 is 4.54. The zero-order valence-electron chi connectivity index (χ0n) is 9.72. The summed E-state index contributed by atoms with van der Waals surface area (Å²) >= 11 is 0. The van der Waals surface area contributed by atoms with Crippen LogP contribution in [0.4, 0.5) is 0 Å². The first-order chi connectivity index (χ1) is 9.00. The normalized spacial score (nSPS) is 21.4. The van der Waals surface area contributed by atoms with Gasteiger partial charge in [-0.25, -0.2) is 4.79 Å². The fourth-order valence-corrected chi connectivity index (χ4v) is 1.64. The third kappa shape index (κ3) is 2.53. The highest BCUT2D eigenvalue weighted by atomic mass is 16.6. The average Bonchev–Trinajstić information content (AvgIpc) is 2.67. The van der Waals surface area contributed by atoms with Crippen LogP contribution >= 0.6 is 0 Å². The maximum atomic E-state index is 11.0. The molecular formula is C13H12O6. The maximum Gasteiger partial charge on any atom is 0.378 e. The summed E-state index contributed by atoms with van der Waals surface area (Å²) in [5.74, 6) is -3.40. The number of hydrogen-bond donors (Lipinski definition) is 4. The highest BCUT2D eigenvalue weighted by molar-refractivity contribution is 5.89. The summed E-state index contributed by atoms with van der Waals surface area (Å²) in [7, 11) is 0. The standard InChI is InChI=1S/C13H12O6/c14-8(6-7-4-2-1-3-5-7)9(15)12-10(16)11(17)13(18)19-12/h1-6,9,12,14-17H/t9-,12+/m0/s1. The molecule has 19 heavy (non-hydrogen) atoms. The highest BCUT2D eigenvalue weighted by Gasteiger charge is 2.40. The van der Waals surface area contributed by atoms with Crippen molar-refractivity contribution in [3.8, 4) is 0 Å². The maximum absolute atomic E-state index is 11.0. The Balaban J connectivity index is 2.19. The molecule has 0 bridgehead atoms. The van der Waals surface area contributed by atoms with Gasteiger partial charge in [0.25, 0.3) is 0 Å². The van der Waals surface area contributed by atoms with Gasteiger partial charge in [0.2, 0.25) is 5.76 Å². The van der Waals surface area contributed by atoms with E-state index in [1.54, 1.807) is 30.3 Å². The molecule has 0 radical (unpaired) electrons. The fourth-order valence-electron chi connectivity index (χ4n) is 1.64.